The third-order valence-electron chi connectivity index (χ3n) is 3.52. The Morgan fingerprint density at radius 2 is 2.00 bits per heavy atom. The van der Waals surface area contributed by atoms with E-state index in [4.69, 9.17) is 5.11 Å². The molecule has 0 radical (unpaired) electrons. The minimum Gasteiger partial charge on any atom is -0.481 e. The van der Waals surface area contributed by atoms with Crippen LogP contribution in [-0.2, 0) is 14.4 Å². The Bertz CT molecular complexity index is 389. The van der Waals surface area contributed by atoms with Gasteiger partial charge in [0.05, 0.1) is 12.3 Å². The number of carboxylic acid groups (broad SMARTS) is 1. The molecule has 1 rings (SSSR count). The van der Waals surface area contributed by atoms with Crippen molar-refractivity contribution in [3.63, 3.8) is 0 Å². The molecule has 0 saturated carbocycles. The van der Waals surface area contributed by atoms with Crippen molar-refractivity contribution in [1.82, 2.24) is 9.80 Å². The van der Waals surface area contributed by atoms with E-state index in [0.717, 1.165) is 12.8 Å². The molecule has 6 nitrogen and oxygen atoms in total. The number of hydrogen-bond acceptors (Lipinski definition) is 4. The number of likely N-dealkylation sites (N-methyl/N-ethyl adjacent to an activating group) is 1. The zero-order valence-electron chi connectivity index (χ0n) is 12.7. The molecule has 1 aliphatic heterocycles. The summed E-state index contributed by atoms with van der Waals surface area (Å²) < 4.78 is 0. The number of thioether (sulfide) groups is 1. The van der Waals surface area contributed by atoms with E-state index in [9.17, 15) is 14.4 Å². The second-order valence-corrected chi connectivity index (χ2v) is 6.04. The van der Waals surface area contributed by atoms with E-state index in [0.29, 0.717) is 24.6 Å². The first-order valence-electron chi connectivity index (χ1n) is 7.39. The van der Waals surface area contributed by atoms with Crippen LogP contribution in [0.15, 0.2) is 0 Å². The lowest BCUT2D eigenvalue weighted by Crippen LogP contribution is -2.49. The van der Waals surface area contributed by atoms with Gasteiger partial charge >= 0.3 is 5.97 Å². The van der Waals surface area contributed by atoms with Crippen molar-refractivity contribution in [2.24, 2.45) is 0 Å². The number of aliphatic carboxylic acids is 1. The van der Waals surface area contributed by atoms with Crippen LogP contribution in [0.2, 0.25) is 0 Å². The fourth-order valence-corrected chi connectivity index (χ4v) is 3.40. The van der Waals surface area contributed by atoms with E-state index in [1.165, 1.54) is 4.90 Å². The molecule has 21 heavy (non-hydrogen) atoms. The van der Waals surface area contributed by atoms with Crippen molar-refractivity contribution in [3.05, 3.63) is 0 Å². The highest BCUT2D eigenvalue weighted by molar-refractivity contribution is 7.99. The third-order valence-corrected chi connectivity index (χ3v) is 4.53. The summed E-state index contributed by atoms with van der Waals surface area (Å²) in [6, 6.07) is -0.437. The van der Waals surface area contributed by atoms with Crippen LogP contribution in [-0.4, -0.2) is 63.5 Å². The smallest absolute Gasteiger partial charge is 0.305 e. The molecular weight excluding hydrogens is 292 g/mol. The van der Waals surface area contributed by atoms with Gasteiger partial charge in [0, 0.05) is 25.3 Å². The molecule has 1 atom stereocenters. The molecule has 1 fully saturated rings. The average molecular weight is 316 g/mol. The number of amides is 2. The summed E-state index contributed by atoms with van der Waals surface area (Å²) in [5, 5.41) is 8.74. The van der Waals surface area contributed by atoms with Crippen LogP contribution in [0.4, 0.5) is 0 Å². The summed E-state index contributed by atoms with van der Waals surface area (Å²) >= 11 is 1.57. The zero-order chi connectivity index (χ0) is 15.8. The van der Waals surface area contributed by atoms with Gasteiger partial charge in [0.1, 0.15) is 6.04 Å². The van der Waals surface area contributed by atoms with E-state index < -0.39 is 12.0 Å². The van der Waals surface area contributed by atoms with E-state index in [2.05, 4.69) is 0 Å². The molecule has 0 spiro atoms. The van der Waals surface area contributed by atoms with Gasteiger partial charge in [0.2, 0.25) is 11.8 Å². The molecule has 0 aromatic carbocycles. The van der Waals surface area contributed by atoms with Gasteiger partial charge in [0.25, 0.3) is 0 Å². The SMILES string of the molecule is CCCCC(=O)N1CSCC1C(=O)N(CC)CCC(=O)O. The molecule has 1 saturated heterocycles. The van der Waals surface area contributed by atoms with Crippen LogP contribution in [0.3, 0.4) is 0 Å². The minimum atomic E-state index is -0.919. The minimum absolute atomic E-state index is 0.0227. The van der Waals surface area contributed by atoms with Crippen LogP contribution in [0.25, 0.3) is 0 Å². The highest BCUT2D eigenvalue weighted by Gasteiger charge is 2.36. The maximum Gasteiger partial charge on any atom is 0.305 e. The van der Waals surface area contributed by atoms with Crippen LogP contribution in [0.5, 0.6) is 0 Å². The van der Waals surface area contributed by atoms with Crippen molar-refractivity contribution in [2.45, 2.75) is 45.6 Å². The fourth-order valence-electron chi connectivity index (χ4n) is 2.23. The Labute approximate surface area is 129 Å². The number of carbonyl (C=O) groups is 3. The second-order valence-electron chi connectivity index (χ2n) is 5.04. The molecule has 0 bridgehead atoms. The van der Waals surface area contributed by atoms with Gasteiger partial charge in [-0.25, -0.2) is 0 Å². The maximum atomic E-state index is 12.5. The quantitative estimate of drug-likeness (QED) is 0.732. The zero-order valence-corrected chi connectivity index (χ0v) is 13.5. The van der Waals surface area contributed by atoms with Gasteiger partial charge in [-0.2, -0.15) is 0 Å². The lowest BCUT2D eigenvalue weighted by molar-refractivity contribution is -0.144. The van der Waals surface area contributed by atoms with E-state index >= 15 is 0 Å². The highest BCUT2D eigenvalue weighted by Crippen LogP contribution is 2.24. The molecule has 1 unspecified atom stereocenters. The van der Waals surface area contributed by atoms with Crippen molar-refractivity contribution in [3.8, 4) is 0 Å². The van der Waals surface area contributed by atoms with Gasteiger partial charge in [-0.1, -0.05) is 13.3 Å². The first-order chi connectivity index (χ1) is 10.0. The predicted octanol–water partition coefficient (Wildman–Crippen LogP) is 1.40. The normalized spacial score (nSPS) is 17.8. The number of carbonyl (C=O) groups excluding carboxylic acids is 2. The van der Waals surface area contributed by atoms with Crippen molar-refractivity contribution in [1.29, 1.82) is 0 Å². The predicted molar refractivity (Wildman–Crippen MR) is 82.0 cm³/mol. The van der Waals surface area contributed by atoms with Gasteiger partial charge in [-0.05, 0) is 13.3 Å². The number of rotatable bonds is 8. The van der Waals surface area contributed by atoms with Gasteiger partial charge in [-0.15, -0.1) is 11.8 Å². The topological polar surface area (TPSA) is 77.9 Å². The monoisotopic (exact) mass is 316 g/mol. The van der Waals surface area contributed by atoms with Gasteiger partial charge in [0.15, 0.2) is 0 Å². The number of carboxylic acids is 1. The van der Waals surface area contributed by atoms with Crippen LogP contribution < -0.4 is 0 Å². The van der Waals surface area contributed by atoms with Crippen molar-refractivity contribution in [2.75, 3.05) is 24.7 Å². The maximum absolute atomic E-state index is 12.5. The summed E-state index contributed by atoms with van der Waals surface area (Å²) in [5.74, 6) is 0.122. The summed E-state index contributed by atoms with van der Waals surface area (Å²) in [5.41, 5.74) is 0. The highest BCUT2D eigenvalue weighted by atomic mass is 32.2. The molecule has 2 amide bonds. The molecule has 120 valence electrons. The molecule has 1 N–H and O–H groups in total. The van der Waals surface area contributed by atoms with E-state index in [1.807, 2.05) is 13.8 Å². The summed E-state index contributed by atoms with van der Waals surface area (Å²) in [4.78, 5) is 38.5. The lowest BCUT2D eigenvalue weighted by Gasteiger charge is -2.29. The molecule has 0 aliphatic carbocycles. The average Bonchev–Trinajstić information content (AvgIpc) is 2.94. The molecule has 0 aromatic heterocycles. The van der Waals surface area contributed by atoms with Crippen molar-refractivity contribution >= 4 is 29.5 Å². The Morgan fingerprint density at radius 3 is 2.57 bits per heavy atom. The van der Waals surface area contributed by atoms with Crippen LogP contribution >= 0.6 is 11.8 Å². The first-order valence-corrected chi connectivity index (χ1v) is 8.54. The van der Waals surface area contributed by atoms with Crippen LogP contribution in [0.1, 0.15) is 39.5 Å². The van der Waals surface area contributed by atoms with Crippen molar-refractivity contribution < 1.29 is 19.5 Å². The summed E-state index contributed by atoms with van der Waals surface area (Å²) in [6.45, 7) is 4.51. The second kappa shape index (κ2) is 8.92. The Hall–Kier alpha value is -1.24. The molecule has 7 heteroatoms. The van der Waals surface area contributed by atoms with E-state index in [-0.39, 0.29) is 24.8 Å². The summed E-state index contributed by atoms with van der Waals surface area (Å²) in [6.07, 6.45) is 2.19. The van der Waals surface area contributed by atoms with Crippen LogP contribution in [0, 0.1) is 0 Å². The molecule has 0 aromatic rings. The Balaban J connectivity index is 2.64. The van der Waals surface area contributed by atoms with Gasteiger partial charge < -0.3 is 14.9 Å². The number of hydrogen-bond donors (Lipinski definition) is 1. The number of unbranched alkanes of at least 4 members (excludes halogenated alkanes) is 1. The molecular formula is C14H24N2O4S. The standard InChI is InChI=1S/C14H24N2O4S/c1-3-5-6-12(17)16-10-21-9-11(16)14(20)15(4-2)8-7-13(18)19/h11H,3-10H2,1-2H3,(H,18,19). The van der Waals surface area contributed by atoms with E-state index in [1.54, 1.807) is 16.7 Å². The molecule has 1 aliphatic rings. The largest absolute Gasteiger partial charge is 0.481 e. The Kier molecular flexibility index (Phi) is 7.56. The third kappa shape index (κ3) is 5.22. The van der Waals surface area contributed by atoms with Gasteiger partial charge in [-0.3, -0.25) is 14.4 Å². The number of nitrogens with zero attached hydrogens (tertiary/aromatic N) is 2. The fraction of sp³-hybridized carbons (Fsp3) is 0.786. The summed E-state index contributed by atoms with van der Waals surface area (Å²) in [7, 11) is 0. The first kappa shape index (κ1) is 17.8. The lowest BCUT2D eigenvalue weighted by atomic mass is 10.2. The molecule has 1 heterocycles. The Morgan fingerprint density at radius 1 is 1.29 bits per heavy atom.